The van der Waals surface area contributed by atoms with Gasteiger partial charge in [0.2, 0.25) is 0 Å². The molecule has 0 saturated carbocycles. The van der Waals surface area contributed by atoms with Crippen LogP contribution in [0, 0.1) is 11.6 Å². The third-order valence-corrected chi connectivity index (χ3v) is 1.99. The van der Waals surface area contributed by atoms with Gasteiger partial charge in [-0.2, -0.15) is 0 Å². The van der Waals surface area contributed by atoms with Crippen molar-refractivity contribution in [2.45, 2.75) is 13.5 Å². The van der Waals surface area contributed by atoms with Crippen LogP contribution in [0.2, 0.25) is 0 Å². The molecule has 90 valence electrons. The van der Waals surface area contributed by atoms with Gasteiger partial charge in [0.1, 0.15) is 11.6 Å². The van der Waals surface area contributed by atoms with Crippen LogP contribution in [-0.2, 0) is 6.54 Å². The maximum Gasteiger partial charge on any atom is 0.127 e. The van der Waals surface area contributed by atoms with Crippen LogP contribution in [0.4, 0.5) is 8.78 Å². The Morgan fingerprint density at radius 3 is 2.56 bits per heavy atom. The molecular formula is C12H16ClF2N. The highest BCUT2D eigenvalue weighted by Gasteiger charge is 2.06. The number of rotatable bonds is 4. The topological polar surface area (TPSA) is 3.24 Å². The van der Waals surface area contributed by atoms with Crippen LogP contribution in [0.25, 0.3) is 0 Å². The SMILES string of the molecule is C=C(C)CN(C)Cc1cc(F)ccc1F.Cl. The van der Waals surface area contributed by atoms with Gasteiger partial charge in [-0.3, -0.25) is 4.90 Å². The van der Waals surface area contributed by atoms with E-state index in [4.69, 9.17) is 0 Å². The lowest BCUT2D eigenvalue weighted by Gasteiger charge is -2.16. The maximum atomic E-state index is 13.3. The Bertz CT molecular complexity index is 366. The van der Waals surface area contributed by atoms with E-state index in [-0.39, 0.29) is 18.2 Å². The Balaban J connectivity index is 0.00000225. The first-order chi connectivity index (χ1) is 6.99. The fourth-order valence-electron chi connectivity index (χ4n) is 1.47. The average Bonchev–Trinajstić information content (AvgIpc) is 2.10. The van der Waals surface area contributed by atoms with Crippen molar-refractivity contribution in [2.75, 3.05) is 13.6 Å². The van der Waals surface area contributed by atoms with Crippen molar-refractivity contribution < 1.29 is 8.78 Å². The van der Waals surface area contributed by atoms with Gasteiger partial charge in [-0.15, -0.1) is 12.4 Å². The normalized spacial score (nSPS) is 10.1. The molecule has 0 atom stereocenters. The summed E-state index contributed by atoms with van der Waals surface area (Å²) in [6.45, 7) is 6.73. The summed E-state index contributed by atoms with van der Waals surface area (Å²) in [5.74, 6) is -0.778. The monoisotopic (exact) mass is 247 g/mol. The van der Waals surface area contributed by atoms with E-state index in [1.54, 1.807) is 0 Å². The van der Waals surface area contributed by atoms with Crippen LogP contribution in [0.5, 0.6) is 0 Å². The van der Waals surface area contributed by atoms with Gasteiger partial charge < -0.3 is 0 Å². The molecule has 0 aromatic heterocycles. The molecule has 0 saturated heterocycles. The minimum absolute atomic E-state index is 0. The number of nitrogens with zero attached hydrogens (tertiary/aromatic N) is 1. The van der Waals surface area contributed by atoms with Crippen molar-refractivity contribution in [1.29, 1.82) is 0 Å². The highest BCUT2D eigenvalue weighted by molar-refractivity contribution is 5.85. The number of benzene rings is 1. The molecule has 0 fully saturated rings. The molecule has 4 heteroatoms. The van der Waals surface area contributed by atoms with E-state index >= 15 is 0 Å². The second-order valence-corrected chi connectivity index (χ2v) is 3.87. The van der Waals surface area contributed by atoms with E-state index in [0.29, 0.717) is 18.7 Å². The van der Waals surface area contributed by atoms with Crippen molar-refractivity contribution in [3.05, 3.63) is 47.5 Å². The summed E-state index contributed by atoms with van der Waals surface area (Å²) < 4.78 is 26.1. The molecule has 0 aliphatic heterocycles. The van der Waals surface area contributed by atoms with Crippen molar-refractivity contribution >= 4 is 12.4 Å². The largest absolute Gasteiger partial charge is 0.298 e. The van der Waals surface area contributed by atoms with E-state index in [2.05, 4.69) is 6.58 Å². The molecule has 0 aliphatic carbocycles. The minimum atomic E-state index is -0.407. The molecule has 0 amide bonds. The third kappa shape index (κ3) is 4.73. The molecule has 0 unspecified atom stereocenters. The molecule has 0 spiro atoms. The summed E-state index contributed by atoms with van der Waals surface area (Å²) in [6.07, 6.45) is 0. The summed E-state index contributed by atoms with van der Waals surface area (Å²) in [6, 6.07) is 3.50. The van der Waals surface area contributed by atoms with Crippen LogP contribution in [-0.4, -0.2) is 18.5 Å². The Morgan fingerprint density at radius 1 is 1.38 bits per heavy atom. The van der Waals surface area contributed by atoms with Crippen molar-refractivity contribution in [3.8, 4) is 0 Å². The first-order valence-electron chi connectivity index (χ1n) is 4.76. The van der Waals surface area contributed by atoms with Crippen molar-refractivity contribution in [1.82, 2.24) is 4.90 Å². The predicted molar refractivity (Wildman–Crippen MR) is 64.8 cm³/mol. The van der Waals surface area contributed by atoms with E-state index in [0.717, 1.165) is 17.7 Å². The molecular weight excluding hydrogens is 232 g/mol. The lowest BCUT2D eigenvalue weighted by Crippen LogP contribution is -2.20. The zero-order valence-electron chi connectivity index (χ0n) is 9.46. The van der Waals surface area contributed by atoms with Gasteiger partial charge in [-0.05, 0) is 32.2 Å². The van der Waals surface area contributed by atoms with E-state index in [1.165, 1.54) is 6.07 Å². The lowest BCUT2D eigenvalue weighted by molar-refractivity contribution is 0.347. The standard InChI is InChI=1S/C12H15F2N.ClH/c1-9(2)7-15(3)8-10-6-11(13)4-5-12(10)14;/h4-6H,1,7-8H2,2-3H3;1H. The second kappa shape index (κ2) is 6.61. The van der Waals surface area contributed by atoms with E-state index in [1.807, 2.05) is 18.9 Å². The number of likely N-dealkylation sites (N-methyl/N-ethyl adjacent to an activating group) is 1. The molecule has 16 heavy (non-hydrogen) atoms. The highest BCUT2D eigenvalue weighted by atomic mass is 35.5. The van der Waals surface area contributed by atoms with Gasteiger partial charge in [0.15, 0.2) is 0 Å². The van der Waals surface area contributed by atoms with Crippen LogP contribution >= 0.6 is 12.4 Å². The van der Waals surface area contributed by atoms with Gasteiger partial charge in [0.25, 0.3) is 0 Å². The molecule has 0 radical (unpaired) electrons. The van der Waals surface area contributed by atoms with Crippen LogP contribution < -0.4 is 0 Å². The summed E-state index contributed by atoms with van der Waals surface area (Å²) in [7, 11) is 1.85. The van der Waals surface area contributed by atoms with E-state index in [9.17, 15) is 8.78 Å². The van der Waals surface area contributed by atoms with E-state index < -0.39 is 5.82 Å². The Kier molecular flexibility index (Phi) is 6.22. The van der Waals surface area contributed by atoms with Crippen molar-refractivity contribution in [2.24, 2.45) is 0 Å². The molecule has 0 heterocycles. The Labute approximate surface area is 101 Å². The highest BCUT2D eigenvalue weighted by Crippen LogP contribution is 2.12. The molecule has 1 nitrogen and oxygen atoms in total. The Hall–Kier alpha value is -0.930. The molecule has 0 bridgehead atoms. The molecule has 0 aliphatic rings. The van der Waals surface area contributed by atoms with Gasteiger partial charge in [0, 0.05) is 18.7 Å². The smallest absolute Gasteiger partial charge is 0.127 e. The fourth-order valence-corrected chi connectivity index (χ4v) is 1.47. The number of hydrogen-bond acceptors (Lipinski definition) is 1. The minimum Gasteiger partial charge on any atom is -0.298 e. The third-order valence-electron chi connectivity index (χ3n) is 1.99. The first-order valence-corrected chi connectivity index (χ1v) is 4.76. The quantitative estimate of drug-likeness (QED) is 0.738. The molecule has 1 aromatic rings. The number of hydrogen-bond donors (Lipinski definition) is 0. The van der Waals surface area contributed by atoms with Gasteiger partial charge in [-0.25, -0.2) is 8.78 Å². The summed E-state index contributed by atoms with van der Waals surface area (Å²) >= 11 is 0. The summed E-state index contributed by atoms with van der Waals surface area (Å²) in [4.78, 5) is 1.89. The first kappa shape index (κ1) is 15.1. The fraction of sp³-hybridized carbons (Fsp3) is 0.333. The van der Waals surface area contributed by atoms with Gasteiger partial charge in [0.05, 0.1) is 0 Å². The zero-order valence-corrected chi connectivity index (χ0v) is 10.3. The predicted octanol–water partition coefficient (Wildman–Crippen LogP) is 3.39. The Morgan fingerprint density at radius 2 is 2.00 bits per heavy atom. The molecule has 1 aromatic carbocycles. The van der Waals surface area contributed by atoms with Gasteiger partial charge >= 0.3 is 0 Å². The summed E-state index contributed by atoms with van der Waals surface area (Å²) in [5, 5.41) is 0. The lowest BCUT2D eigenvalue weighted by atomic mass is 10.2. The maximum absolute atomic E-state index is 13.3. The molecule has 1 rings (SSSR count). The summed E-state index contributed by atoms with van der Waals surface area (Å²) in [5.41, 5.74) is 1.37. The van der Waals surface area contributed by atoms with Crippen LogP contribution in [0.15, 0.2) is 30.4 Å². The average molecular weight is 248 g/mol. The zero-order chi connectivity index (χ0) is 11.4. The second-order valence-electron chi connectivity index (χ2n) is 3.87. The van der Waals surface area contributed by atoms with Crippen LogP contribution in [0.3, 0.4) is 0 Å². The number of halogens is 3. The van der Waals surface area contributed by atoms with Crippen LogP contribution in [0.1, 0.15) is 12.5 Å². The van der Waals surface area contributed by atoms with Gasteiger partial charge in [-0.1, -0.05) is 12.2 Å². The molecule has 0 N–H and O–H groups in total. The van der Waals surface area contributed by atoms with Crippen molar-refractivity contribution in [3.63, 3.8) is 0 Å².